The molecule has 0 saturated heterocycles. The van der Waals surface area contributed by atoms with Crippen LogP contribution in [0.2, 0.25) is 0 Å². The van der Waals surface area contributed by atoms with E-state index in [1.54, 1.807) is 35.6 Å². The van der Waals surface area contributed by atoms with Crippen LogP contribution in [0, 0.1) is 0 Å². The standard InChI is InChI=1S/C19H18N2O2S/c22-13-6-4-5-12(11-13)9-10-16-20-18(23)17-14-7-2-1-3-8-15(14)24-19(17)21-16/h4-6,9-11,22H,1-3,7-8H2,(H,20,21,23)/b10-9+. The molecule has 5 heteroatoms. The van der Waals surface area contributed by atoms with Crippen LogP contribution in [0.25, 0.3) is 22.4 Å². The van der Waals surface area contributed by atoms with E-state index < -0.39 is 0 Å². The highest BCUT2D eigenvalue weighted by Gasteiger charge is 2.18. The lowest BCUT2D eigenvalue weighted by Crippen LogP contribution is -2.10. The summed E-state index contributed by atoms with van der Waals surface area (Å²) >= 11 is 1.66. The molecule has 1 aliphatic carbocycles. The Bertz CT molecular complexity index is 985. The Balaban J connectivity index is 1.74. The number of H-pyrrole nitrogens is 1. The highest BCUT2D eigenvalue weighted by Crippen LogP contribution is 2.32. The number of rotatable bonds is 2. The fourth-order valence-corrected chi connectivity index (χ4v) is 4.51. The molecule has 0 bridgehead atoms. The Kier molecular flexibility index (Phi) is 3.94. The number of aromatic nitrogens is 2. The zero-order valence-electron chi connectivity index (χ0n) is 13.2. The number of fused-ring (bicyclic) bond motifs is 3. The van der Waals surface area contributed by atoms with Crippen LogP contribution >= 0.6 is 11.3 Å². The Morgan fingerprint density at radius 3 is 2.92 bits per heavy atom. The first-order valence-electron chi connectivity index (χ1n) is 8.22. The summed E-state index contributed by atoms with van der Waals surface area (Å²) in [6, 6.07) is 6.97. The molecule has 0 radical (unpaired) electrons. The zero-order valence-corrected chi connectivity index (χ0v) is 14.0. The monoisotopic (exact) mass is 338 g/mol. The van der Waals surface area contributed by atoms with E-state index >= 15 is 0 Å². The van der Waals surface area contributed by atoms with Crippen molar-refractivity contribution in [3.8, 4) is 5.75 Å². The average molecular weight is 338 g/mol. The first-order chi connectivity index (χ1) is 11.7. The first kappa shape index (κ1) is 15.1. The molecule has 1 aliphatic rings. The molecule has 4 rings (SSSR count). The van der Waals surface area contributed by atoms with Crippen LogP contribution in [0.3, 0.4) is 0 Å². The molecule has 0 fully saturated rings. The number of aromatic hydroxyl groups is 1. The fourth-order valence-electron chi connectivity index (χ4n) is 3.24. The van der Waals surface area contributed by atoms with Gasteiger partial charge in [-0.05, 0) is 55.0 Å². The minimum Gasteiger partial charge on any atom is -0.508 e. The van der Waals surface area contributed by atoms with Gasteiger partial charge in [0.05, 0.1) is 5.39 Å². The molecule has 122 valence electrons. The summed E-state index contributed by atoms with van der Waals surface area (Å²) in [5.41, 5.74) is 2.03. The summed E-state index contributed by atoms with van der Waals surface area (Å²) in [6.07, 6.45) is 9.24. The molecule has 0 atom stereocenters. The van der Waals surface area contributed by atoms with Crippen LogP contribution < -0.4 is 5.56 Å². The molecule has 0 spiro atoms. The number of aryl methyl sites for hydroxylation is 2. The third-order valence-corrected chi connectivity index (χ3v) is 5.58. The van der Waals surface area contributed by atoms with Gasteiger partial charge in [-0.3, -0.25) is 4.79 Å². The Morgan fingerprint density at radius 2 is 2.04 bits per heavy atom. The lowest BCUT2D eigenvalue weighted by atomic mass is 10.1. The van der Waals surface area contributed by atoms with Crippen molar-refractivity contribution in [3.63, 3.8) is 0 Å². The minimum atomic E-state index is -0.0463. The van der Waals surface area contributed by atoms with Gasteiger partial charge in [-0.2, -0.15) is 0 Å². The second-order valence-corrected chi connectivity index (χ2v) is 7.21. The summed E-state index contributed by atoms with van der Waals surface area (Å²) in [4.78, 5) is 22.2. The van der Waals surface area contributed by atoms with Gasteiger partial charge in [0.2, 0.25) is 0 Å². The molecule has 3 aromatic rings. The van der Waals surface area contributed by atoms with E-state index in [0.29, 0.717) is 5.82 Å². The van der Waals surface area contributed by atoms with E-state index in [-0.39, 0.29) is 11.3 Å². The number of nitrogens with zero attached hydrogens (tertiary/aromatic N) is 1. The molecule has 0 amide bonds. The van der Waals surface area contributed by atoms with Crippen molar-refractivity contribution in [3.05, 3.63) is 56.4 Å². The van der Waals surface area contributed by atoms with Gasteiger partial charge in [0.25, 0.3) is 5.56 Å². The van der Waals surface area contributed by atoms with Crippen LogP contribution in [0.1, 0.15) is 41.1 Å². The largest absolute Gasteiger partial charge is 0.508 e. The number of phenols is 1. The van der Waals surface area contributed by atoms with Crippen LogP contribution in [0.4, 0.5) is 0 Å². The molecular weight excluding hydrogens is 320 g/mol. The van der Waals surface area contributed by atoms with E-state index in [9.17, 15) is 9.90 Å². The smallest absolute Gasteiger partial charge is 0.260 e. The Labute approximate surface area is 143 Å². The highest BCUT2D eigenvalue weighted by molar-refractivity contribution is 7.18. The normalized spacial score (nSPS) is 14.8. The van der Waals surface area contributed by atoms with Crippen molar-refractivity contribution < 1.29 is 5.11 Å². The van der Waals surface area contributed by atoms with E-state index in [2.05, 4.69) is 9.97 Å². The van der Waals surface area contributed by atoms with Crippen LogP contribution in [-0.2, 0) is 12.8 Å². The van der Waals surface area contributed by atoms with Gasteiger partial charge >= 0.3 is 0 Å². The lowest BCUT2D eigenvalue weighted by molar-refractivity contribution is 0.475. The predicted molar refractivity (Wildman–Crippen MR) is 98.5 cm³/mol. The fraction of sp³-hybridized carbons (Fsp3) is 0.263. The van der Waals surface area contributed by atoms with Crippen LogP contribution in [0.15, 0.2) is 29.1 Å². The summed E-state index contributed by atoms with van der Waals surface area (Å²) in [5, 5.41) is 10.3. The van der Waals surface area contributed by atoms with Crippen LogP contribution in [-0.4, -0.2) is 15.1 Å². The maximum Gasteiger partial charge on any atom is 0.260 e. The number of hydrogen-bond acceptors (Lipinski definition) is 4. The minimum absolute atomic E-state index is 0.0463. The first-order valence-corrected chi connectivity index (χ1v) is 9.04. The molecular formula is C19H18N2O2S. The van der Waals surface area contributed by atoms with Gasteiger partial charge in [-0.15, -0.1) is 11.3 Å². The number of nitrogens with one attached hydrogen (secondary N) is 1. The average Bonchev–Trinajstić information content (AvgIpc) is 2.75. The zero-order chi connectivity index (χ0) is 16.5. The maximum atomic E-state index is 12.5. The molecule has 24 heavy (non-hydrogen) atoms. The van der Waals surface area contributed by atoms with Gasteiger partial charge in [-0.25, -0.2) is 4.98 Å². The van der Waals surface area contributed by atoms with Gasteiger partial charge in [0.15, 0.2) is 0 Å². The SMILES string of the molecule is O=c1[nH]c(/C=C/c2cccc(O)c2)nc2sc3c(c12)CCCCC3. The third kappa shape index (κ3) is 2.87. The summed E-state index contributed by atoms with van der Waals surface area (Å²) < 4.78 is 0. The van der Waals surface area contributed by atoms with E-state index in [1.165, 1.54) is 23.3 Å². The third-order valence-electron chi connectivity index (χ3n) is 4.40. The second kappa shape index (κ2) is 6.24. The molecule has 0 unspecified atom stereocenters. The highest BCUT2D eigenvalue weighted by atomic mass is 32.1. The maximum absolute atomic E-state index is 12.5. The molecule has 1 aromatic carbocycles. The molecule has 0 saturated carbocycles. The summed E-state index contributed by atoms with van der Waals surface area (Å²) in [5.74, 6) is 0.767. The van der Waals surface area contributed by atoms with Gasteiger partial charge < -0.3 is 10.1 Å². The molecule has 0 aliphatic heterocycles. The van der Waals surface area contributed by atoms with Crippen molar-refractivity contribution >= 4 is 33.7 Å². The topological polar surface area (TPSA) is 66.0 Å². The number of phenolic OH excluding ortho intramolecular Hbond substituents is 1. The number of benzene rings is 1. The van der Waals surface area contributed by atoms with Gasteiger partial charge in [-0.1, -0.05) is 24.6 Å². The van der Waals surface area contributed by atoms with Gasteiger partial charge in [0.1, 0.15) is 16.4 Å². The van der Waals surface area contributed by atoms with Crippen LogP contribution in [0.5, 0.6) is 5.75 Å². The number of hydrogen-bond donors (Lipinski definition) is 2. The molecule has 4 nitrogen and oxygen atoms in total. The molecule has 2 N–H and O–H groups in total. The van der Waals surface area contributed by atoms with Crippen molar-refractivity contribution in [1.82, 2.24) is 9.97 Å². The summed E-state index contributed by atoms with van der Waals surface area (Å²) in [6.45, 7) is 0. The van der Waals surface area contributed by atoms with E-state index in [0.717, 1.165) is 35.0 Å². The van der Waals surface area contributed by atoms with E-state index in [4.69, 9.17) is 0 Å². The molecule has 2 aromatic heterocycles. The lowest BCUT2D eigenvalue weighted by Gasteiger charge is -1.99. The Hall–Kier alpha value is -2.40. The Morgan fingerprint density at radius 1 is 1.17 bits per heavy atom. The van der Waals surface area contributed by atoms with Crippen molar-refractivity contribution in [2.45, 2.75) is 32.1 Å². The molecule has 2 heterocycles. The summed E-state index contributed by atoms with van der Waals surface area (Å²) in [7, 11) is 0. The predicted octanol–water partition coefficient (Wildman–Crippen LogP) is 4.13. The number of aromatic amines is 1. The van der Waals surface area contributed by atoms with Crippen molar-refractivity contribution in [2.75, 3.05) is 0 Å². The quantitative estimate of drug-likeness (QED) is 0.691. The van der Waals surface area contributed by atoms with Crippen molar-refractivity contribution in [2.24, 2.45) is 0 Å². The van der Waals surface area contributed by atoms with E-state index in [1.807, 2.05) is 12.1 Å². The number of thiophene rings is 1. The van der Waals surface area contributed by atoms with Gasteiger partial charge in [0, 0.05) is 4.88 Å². The van der Waals surface area contributed by atoms with Crippen molar-refractivity contribution in [1.29, 1.82) is 0 Å². The second-order valence-electron chi connectivity index (χ2n) is 6.12.